The average Bonchev–Trinajstić information content (AvgIpc) is 2.85. The maximum absolute atomic E-state index is 12.2. The van der Waals surface area contributed by atoms with E-state index in [4.69, 9.17) is 0 Å². The third kappa shape index (κ3) is 2.87. The van der Waals surface area contributed by atoms with Gasteiger partial charge in [0.2, 0.25) is 5.91 Å². The Morgan fingerprint density at radius 2 is 2.00 bits per heavy atom. The van der Waals surface area contributed by atoms with Gasteiger partial charge in [-0.05, 0) is 43.2 Å². The Kier molecular flexibility index (Phi) is 3.77. The predicted octanol–water partition coefficient (Wildman–Crippen LogP) is 3.41. The van der Waals surface area contributed by atoms with E-state index in [0.29, 0.717) is 12.5 Å². The van der Waals surface area contributed by atoms with Crippen LogP contribution in [0.25, 0.3) is 10.9 Å². The fourth-order valence-corrected chi connectivity index (χ4v) is 3.13. The molecule has 3 nitrogen and oxygen atoms in total. The number of benzene rings is 1. The van der Waals surface area contributed by atoms with Crippen LogP contribution in [0.15, 0.2) is 30.5 Å². The summed E-state index contributed by atoms with van der Waals surface area (Å²) < 4.78 is 0. The second kappa shape index (κ2) is 5.70. The highest BCUT2D eigenvalue weighted by atomic mass is 16.1. The van der Waals surface area contributed by atoms with E-state index in [0.717, 1.165) is 35.2 Å². The molecule has 1 amide bonds. The van der Waals surface area contributed by atoms with Gasteiger partial charge in [0.25, 0.3) is 0 Å². The van der Waals surface area contributed by atoms with Crippen LogP contribution >= 0.6 is 0 Å². The Labute approximate surface area is 119 Å². The van der Waals surface area contributed by atoms with Crippen molar-refractivity contribution in [2.75, 3.05) is 0 Å². The molecule has 1 aromatic heterocycles. The third-order valence-corrected chi connectivity index (χ3v) is 4.41. The van der Waals surface area contributed by atoms with Crippen LogP contribution in [0.4, 0.5) is 0 Å². The molecule has 0 aliphatic heterocycles. The first-order chi connectivity index (χ1) is 9.72. The van der Waals surface area contributed by atoms with Gasteiger partial charge in [0.05, 0.1) is 6.42 Å². The molecule has 106 valence electrons. The topological polar surface area (TPSA) is 44.9 Å². The van der Waals surface area contributed by atoms with Gasteiger partial charge in [-0.25, -0.2) is 0 Å². The lowest BCUT2D eigenvalue weighted by Crippen LogP contribution is -2.38. The van der Waals surface area contributed by atoms with Crippen molar-refractivity contribution in [1.82, 2.24) is 10.3 Å². The summed E-state index contributed by atoms with van der Waals surface area (Å²) in [6.45, 7) is 2.30. The maximum atomic E-state index is 12.2. The minimum atomic E-state index is 0.148. The molecule has 0 spiro atoms. The summed E-state index contributed by atoms with van der Waals surface area (Å²) in [7, 11) is 0. The number of para-hydroxylation sites is 1. The van der Waals surface area contributed by atoms with Crippen LogP contribution < -0.4 is 5.32 Å². The fraction of sp³-hybridized carbons (Fsp3) is 0.471. The number of fused-ring (bicyclic) bond motifs is 1. The van der Waals surface area contributed by atoms with Crippen molar-refractivity contribution in [1.29, 1.82) is 0 Å². The van der Waals surface area contributed by atoms with Gasteiger partial charge in [-0.15, -0.1) is 0 Å². The molecule has 2 aromatic rings. The third-order valence-electron chi connectivity index (χ3n) is 4.41. The van der Waals surface area contributed by atoms with Crippen molar-refractivity contribution >= 4 is 16.8 Å². The monoisotopic (exact) mass is 270 g/mol. The summed E-state index contributed by atoms with van der Waals surface area (Å²) in [4.78, 5) is 15.4. The van der Waals surface area contributed by atoms with Crippen LogP contribution in [-0.4, -0.2) is 16.9 Å². The molecule has 3 rings (SSSR count). The maximum Gasteiger partial charge on any atom is 0.224 e. The van der Waals surface area contributed by atoms with E-state index in [-0.39, 0.29) is 5.91 Å². The molecule has 0 unspecified atom stereocenters. The number of carbonyl (C=O) groups is 1. The van der Waals surface area contributed by atoms with Gasteiger partial charge in [-0.1, -0.05) is 25.1 Å². The van der Waals surface area contributed by atoms with E-state index in [1.807, 2.05) is 24.4 Å². The zero-order chi connectivity index (χ0) is 13.9. The molecule has 0 atom stereocenters. The molecule has 1 aliphatic carbocycles. The minimum Gasteiger partial charge on any atom is -0.361 e. The molecule has 2 N–H and O–H groups in total. The van der Waals surface area contributed by atoms with Crippen LogP contribution in [0.1, 0.15) is 38.2 Å². The van der Waals surface area contributed by atoms with Crippen LogP contribution in [0.3, 0.4) is 0 Å². The molecule has 1 aromatic carbocycles. The lowest BCUT2D eigenvalue weighted by molar-refractivity contribution is -0.121. The fourth-order valence-electron chi connectivity index (χ4n) is 3.13. The molecular formula is C17H22N2O. The van der Waals surface area contributed by atoms with E-state index in [2.05, 4.69) is 23.3 Å². The molecule has 0 saturated heterocycles. The highest BCUT2D eigenvalue weighted by Gasteiger charge is 2.20. The smallest absolute Gasteiger partial charge is 0.224 e. The standard InChI is InChI=1S/C17H22N2O/c1-12-6-8-14(9-7-12)19-17(20)10-13-11-18-16-5-3-2-4-15(13)16/h2-5,11-12,14,18H,6-10H2,1H3,(H,19,20). The molecule has 0 radical (unpaired) electrons. The van der Waals surface area contributed by atoms with Crippen molar-refractivity contribution in [3.05, 3.63) is 36.0 Å². The lowest BCUT2D eigenvalue weighted by Gasteiger charge is -2.26. The Bertz CT molecular complexity index is 594. The summed E-state index contributed by atoms with van der Waals surface area (Å²) in [5.74, 6) is 0.964. The second-order valence-corrected chi connectivity index (χ2v) is 6.06. The Morgan fingerprint density at radius 1 is 1.25 bits per heavy atom. The Morgan fingerprint density at radius 3 is 2.80 bits per heavy atom. The molecule has 1 aliphatic rings. The number of carbonyl (C=O) groups excluding carboxylic acids is 1. The molecule has 1 heterocycles. The first kappa shape index (κ1) is 13.2. The minimum absolute atomic E-state index is 0.148. The molecule has 1 saturated carbocycles. The summed E-state index contributed by atoms with van der Waals surface area (Å²) >= 11 is 0. The van der Waals surface area contributed by atoms with Crippen molar-refractivity contribution in [2.24, 2.45) is 5.92 Å². The second-order valence-electron chi connectivity index (χ2n) is 6.06. The predicted molar refractivity (Wildman–Crippen MR) is 81.6 cm³/mol. The van der Waals surface area contributed by atoms with Crippen molar-refractivity contribution in [2.45, 2.75) is 45.1 Å². The highest BCUT2D eigenvalue weighted by Crippen LogP contribution is 2.24. The lowest BCUT2D eigenvalue weighted by atomic mass is 9.87. The molecular weight excluding hydrogens is 248 g/mol. The van der Waals surface area contributed by atoms with Gasteiger partial charge >= 0.3 is 0 Å². The van der Waals surface area contributed by atoms with Crippen LogP contribution in [0, 0.1) is 5.92 Å². The number of H-pyrrole nitrogens is 1. The van der Waals surface area contributed by atoms with Gasteiger partial charge in [0, 0.05) is 23.1 Å². The number of nitrogens with one attached hydrogen (secondary N) is 2. The van der Waals surface area contributed by atoms with E-state index < -0.39 is 0 Å². The normalized spacial score (nSPS) is 22.9. The number of hydrogen-bond acceptors (Lipinski definition) is 1. The Hall–Kier alpha value is -1.77. The van der Waals surface area contributed by atoms with Crippen LogP contribution in [0.5, 0.6) is 0 Å². The van der Waals surface area contributed by atoms with Crippen molar-refractivity contribution < 1.29 is 4.79 Å². The number of aromatic nitrogens is 1. The SMILES string of the molecule is CC1CCC(NC(=O)Cc2c[nH]c3ccccc23)CC1. The zero-order valence-corrected chi connectivity index (χ0v) is 12.0. The first-order valence-electron chi connectivity index (χ1n) is 7.56. The van der Waals surface area contributed by atoms with E-state index >= 15 is 0 Å². The van der Waals surface area contributed by atoms with E-state index in [9.17, 15) is 4.79 Å². The highest BCUT2D eigenvalue weighted by molar-refractivity contribution is 5.88. The van der Waals surface area contributed by atoms with Gasteiger partial charge in [0.15, 0.2) is 0 Å². The molecule has 0 bridgehead atoms. The number of amides is 1. The van der Waals surface area contributed by atoms with Crippen LogP contribution in [-0.2, 0) is 11.2 Å². The first-order valence-corrected chi connectivity index (χ1v) is 7.56. The summed E-state index contributed by atoms with van der Waals surface area (Å²) in [6.07, 6.45) is 7.14. The summed E-state index contributed by atoms with van der Waals surface area (Å²) in [5, 5.41) is 4.34. The zero-order valence-electron chi connectivity index (χ0n) is 12.0. The largest absolute Gasteiger partial charge is 0.361 e. The van der Waals surface area contributed by atoms with E-state index in [1.165, 1.54) is 12.8 Å². The number of rotatable bonds is 3. The molecule has 1 fully saturated rings. The van der Waals surface area contributed by atoms with Gasteiger partial charge in [0.1, 0.15) is 0 Å². The van der Waals surface area contributed by atoms with E-state index in [1.54, 1.807) is 0 Å². The van der Waals surface area contributed by atoms with Gasteiger partial charge < -0.3 is 10.3 Å². The molecule has 20 heavy (non-hydrogen) atoms. The Balaban J connectivity index is 1.61. The van der Waals surface area contributed by atoms with Gasteiger partial charge in [-0.3, -0.25) is 4.79 Å². The summed E-state index contributed by atoms with van der Waals surface area (Å²) in [6, 6.07) is 8.51. The van der Waals surface area contributed by atoms with Crippen LogP contribution in [0.2, 0.25) is 0 Å². The number of hydrogen-bond donors (Lipinski definition) is 2. The average molecular weight is 270 g/mol. The quantitative estimate of drug-likeness (QED) is 0.882. The van der Waals surface area contributed by atoms with Gasteiger partial charge in [-0.2, -0.15) is 0 Å². The molecule has 3 heteroatoms. The van der Waals surface area contributed by atoms with Crippen molar-refractivity contribution in [3.8, 4) is 0 Å². The van der Waals surface area contributed by atoms with Crippen molar-refractivity contribution in [3.63, 3.8) is 0 Å². The number of aromatic amines is 1. The summed E-state index contributed by atoms with van der Waals surface area (Å²) in [5.41, 5.74) is 2.18.